The topological polar surface area (TPSA) is 44.8 Å². The van der Waals surface area contributed by atoms with Crippen molar-refractivity contribution in [2.45, 2.75) is 59.4 Å². The third-order valence-corrected chi connectivity index (χ3v) is 6.38. The number of thiol groups is 1. The molecule has 0 heterocycles. The Labute approximate surface area is 130 Å². The number of hydrogen-bond donors (Lipinski definition) is 1. The quantitative estimate of drug-likeness (QED) is 0.319. The van der Waals surface area contributed by atoms with E-state index < -0.39 is 8.80 Å². The molecule has 0 fully saturated rings. The van der Waals surface area contributed by atoms with Crippen molar-refractivity contribution in [2.24, 2.45) is 5.92 Å². The molecule has 0 aliphatic heterocycles. The van der Waals surface area contributed by atoms with Crippen LogP contribution in [0.1, 0.15) is 53.4 Å². The number of carbonyl (C=O) groups is 1. The van der Waals surface area contributed by atoms with E-state index >= 15 is 0 Å². The van der Waals surface area contributed by atoms with E-state index in [-0.39, 0.29) is 5.12 Å². The SMILES string of the molecule is CCO[Si](CCCCC(C)CC(=O)S)(OCC)OCC. The third kappa shape index (κ3) is 9.13. The Morgan fingerprint density at radius 2 is 1.55 bits per heavy atom. The summed E-state index contributed by atoms with van der Waals surface area (Å²) in [6, 6.07) is 0.851. The second-order valence-corrected chi connectivity index (χ2v) is 8.16. The molecule has 0 rings (SSSR count). The molecule has 0 aromatic carbocycles. The highest BCUT2D eigenvalue weighted by Gasteiger charge is 2.39. The highest BCUT2D eigenvalue weighted by molar-refractivity contribution is 7.96. The fourth-order valence-electron chi connectivity index (χ4n) is 2.24. The van der Waals surface area contributed by atoms with Crippen LogP contribution in [0.2, 0.25) is 6.04 Å². The zero-order chi connectivity index (χ0) is 15.4. The van der Waals surface area contributed by atoms with Gasteiger partial charge in [0.25, 0.3) is 0 Å². The van der Waals surface area contributed by atoms with Gasteiger partial charge in [0.1, 0.15) is 0 Å². The fourth-order valence-corrected chi connectivity index (χ4v) is 5.23. The van der Waals surface area contributed by atoms with Crippen LogP contribution in [0.4, 0.5) is 0 Å². The van der Waals surface area contributed by atoms with Crippen molar-refractivity contribution in [3.63, 3.8) is 0 Å². The summed E-state index contributed by atoms with van der Waals surface area (Å²) in [7, 11) is -2.48. The summed E-state index contributed by atoms with van der Waals surface area (Å²) in [5.41, 5.74) is 0. The Morgan fingerprint density at radius 1 is 1.05 bits per heavy atom. The molecule has 0 saturated carbocycles. The van der Waals surface area contributed by atoms with Gasteiger partial charge in [-0.1, -0.05) is 19.8 Å². The van der Waals surface area contributed by atoms with Crippen LogP contribution in [0.5, 0.6) is 0 Å². The van der Waals surface area contributed by atoms with Gasteiger partial charge >= 0.3 is 8.80 Å². The largest absolute Gasteiger partial charge is 0.500 e. The maximum absolute atomic E-state index is 10.9. The van der Waals surface area contributed by atoms with Crippen molar-refractivity contribution in [2.75, 3.05) is 19.8 Å². The van der Waals surface area contributed by atoms with Crippen molar-refractivity contribution in [3.05, 3.63) is 0 Å². The van der Waals surface area contributed by atoms with Crippen molar-refractivity contribution in [3.8, 4) is 0 Å². The predicted molar refractivity (Wildman–Crippen MR) is 87.1 cm³/mol. The standard InChI is InChI=1S/C14H30O4SSi/c1-5-16-20(17-6-2,18-7-3)11-9-8-10-13(4)12-14(15)19/h13H,5-12H2,1-4H3,(H,15,19). The van der Waals surface area contributed by atoms with Gasteiger partial charge < -0.3 is 13.3 Å². The zero-order valence-corrected chi connectivity index (χ0v) is 15.2. The highest BCUT2D eigenvalue weighted by Crippen LogP contribution is 2.22. The number of hydrogen-bond acceptors (Lipinski definition) is 4. The Hall–Kier alpha value is 0.117. The van der Waals surface area contributed by atoms with Gasteiger partial charge in [-0.25, -0.2) is 0 Å². The van der Waals surface area contributed by atoms with E-state index in [0.29, 0.717) is 32.2 Å². The molecule has 0 N–H and O–H groups in total. The van der Waals surface area contributed by atoms with Crippen LogP contribution in [-0.2, 0) is 18.1 Å². The van der Waals surface area contributed by atoms with E-state index in [1.165, 1.54) is 0 Å². The minimum absolute atomic E-state index is 0.0285. The molecule has 6 heteroatoms. The summed E-state index contributed by atoms with van der Waals surface area (Å²) in [5.74, 6) is 0.391. The molecule has 4 nitrogen and oxygen atoms in total. The van der Waals surface area contributed by atoms with Crippen LogP contribution >= 0.6 is 12.6 Å². The normalized spacial score (nSPS) is 13.4. The Bertz CT molecular complexity index is 247. The Morgan fingerprint density at radius 3 is 1.95 bits per heavy atom. The van der Waals surface area contributed by atoms with Crippen LogP contribution in [-0.4, -0.2) is 33.7 Å². The molecule has 0 aromatic rings. The van der Waals surface area contributed by atoms with Crippen molar-refractivity contribution >= 4 is 26.5 Å². The smallest absolute Gasteiger partial charge is 0.374 e. The summed E-state index contributed by atoms with van der Waals surface area (Å²) in [6.45, 7) is 9.87. The van der Waals surface area contributed by atoms with Gasteiger partial charge in [0, 0.05) is 32.3 Å². The maximum atomic E-state index is 10.9. The first kappa shape index (κ1) is 20.1. The van der Waals surface area contributed by atoms with Crippen LogP contribution in [0.25, 0.3) is 0 Å². The van der Waals surface area contributed by atoms with Crippen molar-refractivity contribution < 1.29 is 18.1 Å². The molecule has 0 spiro atoms. The fraction of sp³-hybridized carbons (Fsp3) is 0.929. The number of unbranched alkanes of at least 4 members (excludes halogenated alkanes) is 1. The van der Waals surface area contributed by atoms with Gasteiger partial charge in [-0.3, -0.25) is 4.79 Å². The lowest BCUT2D eigenvalue weighted by Crippen LogP contribution is -2.45. The highest BCUT2D eigenvalue weighted by atomic mass is 32.1. The van der Waals surface area contributed by atoms with E-state index in [4.69, 9.17) is 13.3 Å². The number of rotatable bonds is 13. The lowest BCUT2D eigenvalue weighted by molar-refractivity contribution is -0.111. The first-order valence-electron chi connectivity index (χ1n) is 7.63. The van der Waals surface area contributed by atoms with Crippen LogP contribution in [0, 0.1) is 5.92 Å². The Kier molecular flexibility index (Phi) is 11.8. The van der Waals surface area contributed by atoms with Gasteiger partial charge in [-0.15, -0.1) is 12.6 Å². The monoisotopic (exact) mass is 322 g/mol. The van der Waals surface area contributed by atoms with Gasteiger partial charge in [-0.2, -0.15) is 0 Å². The molecule has 0 aromatic heterocycles. The minimum Gasteiger partial charge on any atom is -0.374 e. The van der Waals surface area contributed by atoms with Crippen molar-refractivity contribution in [1.82, 2.24) is 0 Å². The van der Waals surface area contributed by atoms with E-state index in [1.54, 1.807) is 0 Å². The average Bonchev–Trinajstić information content (AvgIpc) is 2.35. The second-order valence-electron chi connectivity index (χ2n) is 4.93. The van der Waals surface area contributed by atoms with E-state index in [2.05, 4.69) is 19.6 Å². The summed E-state index contributed by atoms with van der Waals surface area (Å²) in [6.07, 6.45) is 3.65. The van der Waals surface area contributed by atoms with Crippen LogP contribution in [0.15, 0.2) is 0 Å². The number of carbonyl (C=O) groups excluding carboxylic acids is 1. The third-order valence-electron chi connectivity index (χ3n) is 3.05. The molecule has 0 aliphatic rings. The molecule has 120 valence electrons. The van der Waals surface area contributed by atoms with Crippen molar-refractivity contribution in [1.29, 1.82) is 0 Å². The van der Waals surface area contributed by atoms with E-state index in [9.17, 15) is 4.79 Å². The minimum atomic E-state index is -2.48. The van der Waals surface area contributed by atoms with E-state index in [1.807, 2.05) is 20.8 Å². The van der Waals surface area contributed by atoms with Gasteiger partial charge in [-0.05, 0) is 33.1 Å². The second kappa shape index (κ2) is 11.7. The first-order valence-corrected chi connectivity index (χ1v) is 10.0. The molecule has 0 amide bonds. The summed E-state index contributed by atoms with van der Waals surface area (Å²) >= 11 is 3.82. The van der Waals surface area contributed by atoms with Crippen LogP contribution < -0.4 is 0 Å². The van der Waals surface area contributed by atoms with E-state index in [0.717, 1.165) is 25.3 Å². The summed E-state index contributed by atoms with van der Waals surface area (Å²) < 4.78 is 17.4. The molecular formula is C14H30O4SSi. The molecule has 0 aliphatic carbocycles. The van der Waals surface area contributed by atoms with Crippen LogP contribution in [0.3, 0.4) is 0 Å². The predicted octanol–water partition coefficient (Wildman–Crippen LogP) is 3.69. The lowest BCUT2D eigenvalue weighted by Gasteiger charge is -2.28. The van der Waals surface area contributed by atoms with Gasteiger partial charge in [0.05, 0.1) is 0 Å². The molecule has 1 unspecified atom stereocenters. The first-order chi connectivity index (χ1) is 9.49. The van der Waals surface area contributed by atoms with Gasteiger partial charge in [0.2, 0.25) is 0 Å². The molecule has 20 heavy (non-hydrogen) atoms. The zero-order valence-electron chi connectivity index (χ0n) is 13.3. The molecule has 0 radical (unpaired) electrons. The molecule has 0 bridgehead atoms. The molecular weight excluding hydrogens is 292 g/mol. The molecule has 1 atom stereocenters. The summed E-state index contributed by atoms with van der Waals surface area (Å²) in [4.78, 5) is 10.9. The summed E-state index contributed by atoms with van der Waals surface area (Å²) in [5, 5.41) is -0.0285. The Balaban J connectivity index is 4.14. The molecule has 0 saturated heterocycles. The average molecular weight is 323 g/mol. The maximum Gasteiger partial charge on any atom is 0.500 e. The van der Waals surface area contributed by atoms with Gasteiger partial charge in [0.15, 0.2) is 5.12 Å². The lowest BCUT2D eigenvalue weighted by atomic mass is 10.0.